The third kappa shape index (κ3) is 11.3. The predicted octanol–water partition coefficient (Wildman–Crippen LogP) is 1.39. The first-order chi connectivity index (χ1) is 2.91. The van der Waals surface area contributed by atoms with Crippen molar-refractivity contribution in [3.8, 4) is 0 Å². The summed E-state index contributed by atoms with van der Waals surface area (Å²) >= 11 is 0. The van der Waals surface area contributed by atoms with Gasteiger partial charge in [0.25, 0.3) is 0 Å². The minimum absolute atomic E-state index is 0. The lowest BCUT2D eigenvalue weighted by molar-refractivity contribution is 1.21. The number of halogens is 1. The van der Waals surface area contributed by atoms with E-state index in [-0.39, 0.29) is 12.4 Å². The molecule has 0 aromatic carbocycles. The Balaban J connectivity index is 0. The Bertz CT molecular complexity index is 100. The van der Waals surface area contributed by atoms with Crippen LogP contribution in [-0.2, 0) is 0 Å². The van der Waals surface area contributed by atoms with Crippen LogP contribution in [0.5, 0.6) is 0 Å². The van der Waals surface area contributed by atoms with Crippen molar-refractivity contribution in [1.29, 1.82) is 5.41 Å². The molecule has 0 aliphatic heterocycles. The van der Waals surface area contributed by atoms with Gasteiger partial charge in [-0.1, -0.05) is 0 Å². The van der Waals surface area contributed by atoms with Crippen molar-refractivity contribution in [2.75, 3.05) is 0 Å². The molecule has 0 amide bonds. The van der Waals surface area contributed by atoms with Crippen molar-refractivity contribution in [3.05, 3.63) is 10.4 Å². The SMILES string of the molecule is Cl.[N-]=[N+]=NN=C=N. The molecule has 38 valence electrons. The van der Waals surface area contributed by atoms with Crippen molar-refractivity contribution in [2.45, 2.75) is 0 Å². The van der Waals surface area contributed by atoms with Gasteiger partial charge in [0, 0.05) is 10.3 Å². The van der Waals surface area contributed by atoms with Gasteiger partial charge in [-0.15, -0.1) is 17.9 Å². The summed E-state index contributed by atoms with van der Waals surface area (Å²) in [6, 6.07) is 1.52. The molecule has 0 rings (SSSR count). The molecule has 0 saturated carbocycles. The molecule has 0 aliphatic rings. The predicted molar refractivity (Wildman–Crippen MR) is 26.5 cm³/mol. The zero-order valence-corrected chi connectivity index (χ0v) is 4.01. The third-order valence-corrected chi connectivity index (χ3v) is 0.135. The molecule has 0 radical (unpaired) electrons. The van der Waals surface area contributed by atoms with Gasteiger partial charge in [0.1, 0.15) is 0 Å². The van der Waals surface area contributed by atoms with E-state index in [2.05, 4.69) is 15.2 Å². The molecule has 0 unspecified atom stereocenters. The maximum Gasteiger partial charge on any atom is 0.235 e. The first-order valence-corrected chi connectivity index (χ1v) is 1.07. The van der Waals surface area contributed by atoms with E-state index in [1.807, 2.05) is 0 Å². The van der Waals surface area contributed by atoms with E-state index in [9.17, 15) is 0 Å². The normalized spacial score (nSPS) is 4.00. The van der Waals surface area contributed by atoms with Gasteiger partial charge in [0.05, 0.1) is 0 Å². The summed E-state index contributed by atoms with van der Waals surface area (Å²) in [4.78, 5) is 2.20. The molecule has 0 atom stereocenters. The lowest BCUT2D eigenvalue weighted by atomic mass is 11.6. The smallest absolute Gasteiger partial charge is 0.218 e. The Labute approximate surface area is 45.6 Å². The van der Waals surface area contributed by atoms with Crippen LogP contribution in [0.15, 0.2) is 10.3 Å². The van der Waals surface area contributed by atoms with Crippen LogP contribution in [0.3, 0.4) is 0 Å². The molecule has 0 aliphatic carbocycles. The maximum atomic E-state index is 7.44. The van der Waals surface area contributed by atoms with E-state index in [0.717, 1.165) is 0 Å². The van der Waals surface area contributed by atoms with Gasteiger partial charge in [-0.2, -0.15) is 4.91 Å². The highest BCUT2D eigenvalue weighted by Crippen LogP contribution is 1.62. The summed E-state index contributed by atoms with van der Waals surface area (Å²) in [5.74, 6) is 0. The zero-order valence-electron chi connectivity index (χ0n) is 3.20. The number of nitrogens with zero attached hydrogens (tertiary/aromatic N) is 4. The van der Waals surface area contributed by atoms with Crippen LogP contribution in [0.25, 0.3) is 10.4 Å². The molecule has 7 heavy (non-hydrogen) atoms. The molecule has 0 spiro atoms. The molecule has 0 aromatic heterocycles. The van der Waals surface area contributed by atoms with Crippen molar-refractivity contribution in [2.24, 2.45) is 10.3 Å². The van der Waals surface area contributed by atoms with E-state index in [0.29, 0.717) is 0 Å². The first-order valence-electron chi connectivity index (χ1n) is 1.07. The van der Waals surface area contributed by atoms with Crippen molar-refractivity contribution >= 4 is 18.4 Å². The van der Waals surface area contributed by atoms with Crippen molar-refractivity contribution in [1.82, 2.24) is 0 Å². The van der Waals surface area contributed by atoms with E-state index in [1.54, 1.807) is 0 Å². The van der Waals surface area contributed by atoms with Crippen molar-refractivity contribution in [3.63, 3.8) is 0 Å². The lowest BCUT2D eigenvalue weighted by Gasteiger charge is -1.44. The van der Waals surface area contributed by atoms with Gasteiger partial charge in [0.15, 0.2) is 0 Å². The van der Waals surface area contributed by atoms with E-state index in [1.165, 1.54) is 6.01 Å². The van der Waals surface area contributed by atoms with E-state index in [4.69, 9.17) is 10.9 Å². The van der Waals surface area contributed by atoms with Crippen LogP contribution in [0.4, 0.5) is 0 Å². The Morgan fingerprint density at radius 3 is 2.43 bits per heavy atom. The van der Waals surface area contributed by atoms with E-state index < -0.39 is 0 Å². The number of rotatable bonds is 1. The largest absolute Gasteiger partial charge is 0.235 e. The number of nitrogens with one attached hydrogen (secondary N) is 1. The monoisotopic (exact) mass is 119 g/mol. The van der Waals surface area contributed by atoms with Crippen LogP contribution >= 0.6 is 12.4 Å². The molecule has 1 N–H and O–H groups in total. The molecule has 0 fully saturated rings. The van der Waals surface area contributed by atoms with Crippen LogP contribution in [0.2, 0.25) is 0 Å². The van der Waals surface area contributed by atoms with E-state index >= 15 is 0 Å². The Morgan fingerprint density at radius 2 is 2.29 bits per heavy atom. The highest BCUT2D eigenvalue weighted by molar-refractivity contribution is 5.85. The molecule has 6 heteroatoms. The fourth-order valence-corrected chi connectivity index (χ4v) is 0.0424. The second kappa shape index (κ2) is 8.88. The van der Waals surface area contributed by atoms with Crippen molar-refractivity contribution < 1.29 is 0 Å². The molecule has 5 nitrogen and oxygen atoms in total. The molecular formula is CH2ClN5. The minimum atomic E-state index is 0. The van der Waals surface area contributed by atoms with Crippen LogP contribution < -0.4 is 0 Å². The summed E-state index contributed by atoms with van der Waals surface area (Å²) in [5.41, 5.74) is 7.44. The fourth-order valence-electron chi connectivity index (χ4n) is 0.0424. The Hall–Kier alpha value is -1.02. The zero-order chi connectivity index (χ0) is 4.83. The van der Waals surface area contributed by atoms with Gasteiger partial charge in [-0.25, -0.2) is 5.41 Å². The average Bonchev–Trinajstić information content (AvgIpc) is 1.61. The summed E-state index contributed by atoms with van der Waals surface area (Å²) in [6.07, 6.45) is 0. The second-order valence-electron chi connectivity index (χ2n) is 0.391. The van der Waals surface area contributed by atoms with Gasteiger partial charge < -0.3 is 0 Å². The third-order valence-electron chi connectivity index (χ3n) is 0.135. The van der Waals surface area contributed by atoms with Gasteiger partial charge >= 0.3 is 0 Å². The number of hydrogen-bond donors (Lipinski definition) is 1. The maximum absolute atomic E-state index is 7.44. The second-order valence-corrected chi connectivity index (χ2v) is 0.391. The standard InChI is InChI=1S/CHN5.ClH/c2-1-4-6-5-3;/h2H;1H. The van der Waals surface area contributed by atoms with Gasteiger partial charge in [-0.3, -0.25) is 0 Å². The lowest BCUT2D eigenvalue weighted by Crippen LogP contribution is -1.36. The Kier molecular flexibility index (Phi) is 11.9. The minimum Gasteiger partial charge on any atom is -0.218 e. The summed E-state index contributed by atoms with van der Waals surface area (Å²) in [5, 5.41) is 11.3. The summed E-state index contributed by atoms with van der Waals surface area (Å²) < 4.78 is 0. The first kappa shape index (κ1) is 9.36. The van der Waals surface area contributed by atoms with Crippen LogP contribution in [-0.4, -0.2) is 6.01 Å². The molecular weight excluding hydrogens is 117 g/mol. The average molecular weight is 120 g/mol. The van der Waals surface area contributed by atoms with Crippen LogP contribution in [0.1, 0.15) is 0 Å². The molecule has 0 aromatic rings. The highest BCUT2D eigenvalue weighted by Gasteiger charge is 1.49. The Morgan fingerprint density at radius 1 is 1.71 bits per heavy atom. The highest BCUT2D eigenvalue weighted by atomic mass is 35.5. The molecule has 0 saturated heterocycles. The fraction of sp³-hybridized carbons (Fsp3) is 0. The number of azide groups is 1. The summed E-state index contributed by atoms with van der Waals surface area (Å²) in [6.45, 7) is 0. The molecule has 0 heterocycles. The topological polar surface area (TPSA) is 85.0 Å². The quantitative estimate of drug-likeness (QED) is 0.178. The summed E-state index contributed by atoms with van der Waals surface area (Å²) in [7, 11) is 0. The van der Waals surface area contributed by atoms with Gasteiger partial charge in [-0.05, 0) is 0 Å². The van der Waals surface area contributed by atoms with Crippen LogP contribution in [0, 0.1) is 5.41 Å². The number of hydrogen-bond acceptors (Lipinski definition) is 2. The van der Waals surface area contributed by atoms with Gasteiger partial charge in [0.2, 0.25) is 6.01 Å². The molecule has 0 bridgehead atoms.